The van der Waals surface area contributed by atoms with E-state index in [1.54, 1.807) is 24.9 Å². The monoisotopic (exact) mass is 427 g/mol. The van der Waals surface area contributed by atoms with E-state index >= 15 is 0 Å². The van der Waals surface area contributed by atoms with Crippen LogP contribution in [-0.4, -0.2) is 22.9 Å². The molecule has 0 saturated heterocycles. The van der Waals surface area contributed by atoms with Gasteiger partial charge in [-0.3, -0.25) is 9.47 Å². The minimum atomic E-state index is -0.356. The molecule has 2 unspecified atom stereocenters. The fourth-order valence-corrected chi connectivity index (χ4v) is 4.74. The normalized spacial score (nSPS) is 17.9. The van der Waals surface area contributed by atoms with E-state index in [9.17, 15) is 4.79 Å². The number of nitrogens with zero attached hydrogens (tertiary/aromatic N) is 1. The van der Waals surface area contributed by atoms with E-state index in [0.29, 0.717) is 10.7 Å². The number of benzene rings is 2. The molecule has 1 aliphatic heterocycles. The van der Waals surface area contributed by atoms with Gasteiger partial charge < -0.3 is 15.5 Å². The summed E-state index contributed by atoms with van der Waals surface area (Å²) >= 11 is 7.77. The quantitative estimate of drug-likeness (QED) is 0.603. The summed E-state index contributed by atoms with van der Waals surface area (Å²) in [6.07, 6.45) is 0. The topological polar surface area (TPSA) is 55.3 Å². The molecule has 5 nitrogen and oxygen atoms in total. The second-order valence-corrected chi connectivity index (χ2v) is 8.59. The number of ether oxygens (including phenoxy) is 1. The van der Waals surface area contributed by atoms with Crippen LogP contribution in [0.25, 0.3) is 0 Å². The molecule has 7 heteroatoms. The van der Waals surface area contributed by atoms with Gasteiger partial charge in [0.2, 0.25) is 5.91 Å². The Morgan fingerprint density at radius 3 is 2.59 bits per heavy atom. The van der Waals surface area contributed by atoms with Gasteiger partial charge in [-0.25, -0.2) is 0 Å². The molecule has 2 aromatic carbocycles. The van der Waals surface area contributed by atoms with Crippen LogP contribution >= 0.6 is 23.4 Å². The highest BCUT2D eigenvalue weighted by Gasteiger charge is 2.36. The smallest absolute Gasteiger partial charge is 0.240 e. The first-order chi connectivity index (χ1) is 14.0. The number of carbonyl (C=O) groups is 1. The van der Waals surface area contributed by atoms with Crippen LogP contribution < -0.4 is 15.5 Å². The SMILES string of the molecule is COc1ccc(C2Nn3c(C)ccc3SC2C(=O)Nc2ccc(C)c(Cl)c2)cc1. The maximum atomic E-state index is 13.2. The summed E-state index contributed by atoms with van der Waals surface area (Å²) in [7, 11) is 1.64. The van der Waals surface area contributed by atoms with Crippen molar-refractivity contribution in [2.24, 2.45) is 0 Å². The largest absolute Gasteiger partial charge is 0.497 e. The third kappa shape index (κ3) is 3.95. The maximum absolute atomic E-state index is 13.2. The molecule has 2 atom stereocenters. The standard InChI is InChI=1S/C22H22ClN3O2S/c1-13-4-8-16(12-18(13)23)24-22(27)21-20(15-6-9-17(28-3)10-7-15)25-26-14(2)5-11-19(26)29-21/h4-12,20-21,25H,1-3H3,(H,24,27). The highest BCUT2D eigenvalue weighted by atomic mass is 35.5. The molecule has 29 heavy (non-hydrogen) atoms. The van der Waals surface area contributed by atoms with Crippen LogP contribution in [0.15, 0.2) is 59.6 Å². The lowest BCUT2D eigenvalue weighted by atomic mass is 10.0. The van der Waals surface area contributed by atoms with Gasteiger partial charge in [-0.1, -0.05) is 41.6 Å². The van der Waals surface area contributed by atoms with Gasteiger partial charge in [-0.15, -0.1) is 0 Å². The van der Waals surface area contributed by atoms with Crippen molar-refractivity contribution in [2.45, 2.75) is 30.2 Å². The molecular weight excluding hydrogens is 406 g/mol. The number of thioether (sulfide) groups is 1. The molecule has 2 N–H and O–H groups in total. The summed E-state index contributed by atoms with van der Waals surface area (Å²) in [5.74, 6) is 0.707. The van der Waals surface area contributed by atoms with Crippen molar-refractivity contribution in [3.63, 3.8) is 0 Å². The number of methoxy groups -OCH3 is 1. The zero-order valence-electron chi connectivity index (χ0n) is 16.4. The van der Waals surface area contributed by atoms with Crippen molar-refractivity contribution in [2.75, 3.05) is 17.9 Å². The van der Waals surface area contributed by atoms with Crippen LogP contribution in [0, 0.1) is 13.8 Å². The third-order valence-corrected chi connectivity index (χ3v) is 6.74. The third-order valence-electron chi connectivity index (χ3n) is 5.03. The minimum Gasteiger partial charge on any atom is -0.497 e. The number of hydrogen-bond acceptors (Lipinski definition) is 4. The van der Waals surface area contributed by atoms with Crippen LogP contribution in [0.5, 0.6) is 5.75 Å². The maximum Gasteiger partial charge on any atom is 0.240 e. The molecular formula is C22H22ClN3O2S. The Bertz CT molecular complexity index is 1050. The lowest BCUT2D eigenvalue weighted by Crippen LogP contribution is -2.41. The summed E-state index contributed by atoms with van der Waals surface area (Å²) in [5.41, 5.74) is 7.28. The van der Waals surface area contributed by atoms with Crippen molar-refractivity contribution in [3.05, 3.63) is 76.4 Å². The van der Waals surface area contributed by atoms with Crippen LogP contribution in [0.2, 0.25) is 5.02 Å². The number of rotatable bonds is 4. The van der Waals surface area contributed by atoms with Crippen molar-refractivity contribution in [3.8, 4) is 5.75 Å². The molecule has 4 rings (SSSR count). The van der Waals surface area contributed by atoms with E-state index in [1.807, 2.05) is 67.1 Å². The zero-order chi connectivity index (χ0) is 20.5. The molecule has 0 spiro atoms. The lowest BCUT2D eigenvalue weighted by Gasteiger charge is -2.34. The van der Waals surface area contributed by atoms with Crippen molar-refractivity contribution in [1.29, 1.82) is 0 Å². The molecule has 3 aromatic rings. The first-order valence-electron chi connectivity index (χ1n) is 9.29. The van der Waals surface area contributed by atoms with E-state index in [1.165, 1.54) is 0 Å². The Hall–Kier alpha value is -2.57. The fraction of sp³-hybridized carbons (Fsp3) is 0.227. The summed E-state index contributed by atoms with van der Waals surface area (Å²) in [6.45, 7) is 3.97. The van der Waals surface area contributed by atoms with Gasteiger partial charge in [-0.05, 0) is 61.4 Å². The van der Waals surface area contributed by atoms with Crippen LogP contribution in [-0.2, 0) is 4.79 Å². The van der Waals surface area contributed by atoms with E-state index in [2.05, 4.69) is 10.7 Å². The average molecular weight is 428 g/mol. The lowest BCUT2D eigenvalue weighted by molar-refractivity contribution is -0.116. The number of anilines is 1. The second-order valence-electron chi connectivity index (χ2n) is 7.02. The number of hydrogen-bond donors (Lipinski definition) is 2. The molecule has 2 heterocycles. The first-order valence-corrected chi connectivity index (χ1v) is 10.5. The Labute approximate surface area is 179 Å². The molecule has 0 radical (unpaired) electrons. The second kappa shape index (κ2) is 8.05. The molecule has 150 valence electrons. The van der Waals surface area contributed by atoms with E-state index < -0.39 is 0 Å². The number of amides is 1. The number of nitrogens with one attached hydrogen (secondary N) is 2. The predicted octanol–water partition coefficient (Wildman–Crippen LogP) is 5.16. The highest BCUT2D eigenvalue weighted by Crippen LogP contribution is 2.39. The molecule has 1 aromatic heterocycles. The van der Waals surface area contributed by atoms with Gasteiger partial charge in [0.25, 0.3) is 0 Å². The number of carbonyl (C=O) groups excluding carboxylic acids is 1. The Morgan fingerprint density at radius 1 is 1.14 bits per heavy atom. The van der Waals surface area contributed by atoms with Crippen molar-refractivity contribution >= 4 is 35.0 Å². The van der Waals surface area contributed by atoms with E-state index in [0.717, 1.165) is 27.6 Å². The average Bonchev–Trinajstić information content (AvgIpc) is 3.10. The first kappa shape index (κ1) is 19.7. The zero-order valence-corrected chi connectivity index (χ0v) is 18.0. The van der Waals surface area contributed by atoms with Gasteiger partial charge in [0.1, 0.15) is 11.0 Å². The van der Waals surface area contributed by atoms with Crippen molar-refractivity contribution < 1.29 is 9.53 Å². The Kier molecular flexibility index (Phi) is 5.48. The Morgan fingerprint density at radius 2 is 1.90 bits per heavy atom. The van der Waals surface area contributed by atoms with E-state index in [4.69, 9.17) is 16.3 Å². The number of aromatic nitrogens is 1. The molecule has 1 amide bonds. The highest BCUT2D eigenvalue weighted by molar-refractivity contribution is 8.00. The Balaban J connectivity index is 1.65. The summed E-state index contributed by atoms with van der Waals surface area (Å²) in [4.78, 5) is 13.2. The molecule has 1 aliphatic rings. The number of fused-ring (bicyclic) bond motifs is 1. The van der Waals surface area contributed by atoms with Crippen LogP contribution in [0.1, 0.15) is 22.9 Å². The van der Waals surface area contributed by atoms with E-state index in [-0.39, 0.29) is 17.2 Å². The summed E-state index contributed by atoms with van der Waals surface area (Å²) in [6, 6.07) is 17.2. The summed E-state index contributed by atoms with van der Waals surface area (Å²) in [5, 5.41) is 4.31. The fourth-order valence-electron chi connectivity index (χ4n) is 3.33. The van der Waals surface area contributed by atoms with Gasteiger partial charge >= 0.3 is 0 Å². The molecule has 0 saturated carbocycles. The van der Waals surface area contributed by atoms with Gasteiger partial charge in [-0.2, -0.15) is 0 Å². The molecule has 0 bridgehead atoms. The molecule has 0 fully saturated rings. The predicted molar refractivity (Wildman–Crippen MR) is 119 cm³/mol. The van der Waals surface area contributed by atoms with Crippen LogP contribution in [0.4, 0.5) is 5.69 Å². The van der Waals surface area contributed by atoms with Gasteiger partial charge in [0.15, 0.2) is 0 Å². The van der Waals surface area contributed by atoms with Crippen LogP contribution in [0.3, 0.4) is 0 Å². The summed E-state index contributed by atoms with van der Waals surface area (Å²) < 4.78 is 7.30. The van der Waals surface area contributed by atoms with Gasteiger partial charge in [0, 0.05) is 16.4 Å². The number of aryl methyl sites for hydroxylation is 2. The minimum absolute atomic E-state index is 0.0756. The van der Waals surface area contributed by atoms with Gasteiger partial charge in [0.05, 0.1) is 18.2 Å². The molecule has 0 aliphatic carbocycles. The number of halogens is 1. The van der Waals surface area contributed by atoms with Crippen molar-refractivity contribution in [1.82, 2.24) is 4.68 Å².